The van der Waals surface area contributed by atoms with Crippen molar-refractivity contribution in [3.8, 4) is 0 Å². The number of hydrogen-bond donors (Lipinski definition) is 3. The lowest BCUT2D eigenvalue weighted by molar-refractivity contribution is -0.161. The molecule has 8 heteroatoms. The Bertz CT molecular complexity index is 192. The molecule has 0 bridgehead atoms. The van der Waals surface area contributed by atoms with Gasteiger partial charge in [-0.1, -0.05) is 34.8 Å². The van der Waals surface area contributed by atoms with Crippen LogP contribution in [0, 0.1) is 0 Å². The summed E-state index contributed by atoms with van der Waals surface area (Å²) in [6, 6.07) is 0. The van der Waals surface area contributed by atoms with Crippen molar-refractivity contribution in [2.45, 2.75) is 16.0 Å². The lowest BCUT2D eigenvalue weighted by Gasteiger charge is -2.16. The summed E-state index contributed by atoms with van der Waals surface area (Å²) in [7, 11) is 0. The SMILES string of the molecule is O=C(OCC(Cl)(Cl)Cl)[C@H](O)[C@H](O)CO. The van der Waals surface area contributed by atoms with Crippen LogP contribution < -0.4 is 0 Å². The summed E-state index contributed by atoms with van der Waals surface area (Å²) >= 11 is 15.8. The zero-order valence-corrected chi connectivity index (χ0v) is 9.13. The molecule has 0 unspecified atom stereocenters. The van der Waals surface area contributed by atoms with E-state index in [0.29, 0.717) is 0 Å². The van der Waals surface area contributed by atoms with E-state index < -0.39 is 35.2 Å². The number of esters is 1. The van der Waals surface area contributed by atoms with E-state index >= 15 is 0 Å². The number of aliphatic hydroxyl groups is 3. The predicted octanol–water partition coefficient (Wildman–Crippen LogP) is -0.386. The van der Waals surface area contributed by atoms with Crippen molar-refractivity contribution in [2.75, 3.05) is 13.2 Å². The molecule has 3 N–H and O–H groups in total. The quantitative estimate of drug-likeness (QED) is 0.477. The number of halogens is 3. The highest BCUT2D eigenvalue weighted by Crippen LogP contribution is 2.26. The largest absolute Gasteiger partial charge is 0.459 e. The van der Waals surface area contributed by atoms with E-state index in [9.17, 15) is 4.79 Å². The fourth-order valence-electron chi connectivity index (χ4n) is 0.495. The van der Waals surface area contributed by atoms with Crippen LogP contribution in [-0.4, -0.2) is 50.5 Å². The third kappa shape index (κ3) is 5.85. The molecule has 0 saturated heterocycles. The second-order valence-corrected chi connectivity index (χ2v) is 4.93. The molecular weight excluding hydrogens is 258 g/mol. The van der Waals surface area contributed by atoms with Crippen LogP contribution in [0.2, 0.25) is 0 Å². The van der Waals surface area contributed by atoms with Gasteiger partial charge in [0.2, 0.25) is 3.79 Å². The van der Waals surface area contributed by atoms with Crippen LogP contribution in [0.1, 0.15) is 0 Å². The van der Waals surface area contributed by atoms with Crippen LogP contribution in [0.25, 0.3) is 0 Å². The third-order valence-electron chi connectivity index (χ3n) is 1.17. The van der Waals surface area contributed by atoms with Gasteiger partial charge in [0.05, 0.1) is 6.61 Å². The molecule has 0 spiro atoms. The van der Waals surface area contributed by atoms with Crippen LogP contribution in [0.4, 0.5) is 0 Å². The Balaban J connectivity index is 3.97. The van der Waals surface area contributed by atoms with Gasteiger partial charge in [0.25, 0.3) is 0 Å². The zero-order chi connectivity index (χ0) is 11.4. The Morgan fingerprint density at radius 2 is 1.86 bits per heavy atom. The number of carbonyl (C=O) groups excluding carboxylic acids is 1. The first-order valence-electron chi connectivity index (χ1n) is 3.48. The Kier molecular flexibility index (Phi) is 6.04. The molecule has 0 rings (SSSR count). The standard InChI is InChI=1S/C6H9Cl3O5/c7-6(8,9)2-14-5(13)4(12)3(11)1-10/h3-4,10-12H,1-2H2/t3-,4-/m1/s1. The summed E-state index contributed by atoms with van der Waals surface area (Å²) in [6.07, 6.45) is -3.47. The van der Waals surface area contributed by atoms with Crippen molar-refractivity contribution in [1.82, 2.24) is 0 Å². The van der Waals surface area contributed by atoms with Gasteiger partial charge in [0.1, 0.15) is 12.7 Å². The van der Waals surface area contributed by atoms with Gasteiger partial charge >= 0.3 is 5.97 Å². The van der Waals surface area contributed by atoms with E-state index in [1.165, 1.54) is 0 Å². The minimum Gasteiger partial charge on any atom is -0.459 e. The minimum atomic E-state index is -1.85. The van der Waals surface area contributed by atoms with Gasteiger partial charge < -0.3 is 20.1 Å². The molecule has 14 heavy (non-hydrogen) atoms. The lowest BCUT2D eigenvalue weighted by Crippen LogP contribution is -2.38. The maximum Gasteiger partial charge on any atom is 0.337 e. The summed E-state index contributed by atoms with van der Waals surface area (Å²) in [5.41, 5.74) is 0. The number of ether oxygens (including phenoxy) is 1. The van der Waals surface area contributed by atoms with E-state index in [2.05, 4.69) is 4.74 Å². The fourth-order valence-corrected chi connectivity index (χ4v) is 0.659. The number of rotatable bonds is 4. The maximum atomic E-state index is 10.9. The van der Waals surface area contributed by atoms with E-state index in [1.54, 1.807) is 0 Å². The van der Waals surface area contributed by atoms with Crippen LogP contribution in [-0.2, 0) is 9.53 Å². The molecule has 0 heterocycles. The van der Waals surface area contributed by atoms with Crippen LogP contribution in [0.3, 0.4) is 0 Å². The molecule has 0 saturated carbocycles. The van der Waals surface area contributed by atoms with Crippen molar-refractivity contribution >= 4 is 40.8 Å². The van der Waals surface area contributed by atoms with E-state index in [1.807, 2.05) is 0 Å². The Morgan fingerprint density at radius 1 is 1.36 bits per heavy atom. The molecule has 0 aliphatic rings. The van der Waals surface area contributed by atoms with Crippen molar-refractivity contribution in [1.29, 1.82) is 0 Å². The average Bonchev–Trinajstić information content (AvgIpc) is 2.10. The number of alkyl halides is 3. The molecule has 0 aliphatic carbocycles. The summed E-state index contributed by atoms with van der Waals surface area (Å²) in [6.45, 7) is -1.32. The van der Waals surface area contributed by atoms with Gasteiger partial charge in [-0.25, -0.2) is 4.79 Å². The Labute approximate surface area is 95.1 Å². The molecule has 0 aromatic carbocycles. The summed E-state index contributed by atoms with van der Waals surface area (Å²) in [5.74, 6) is -1.17. The van der Waals surface area contributed by atoms with Gasteiger partial charge in [-0.05, 0) is 0 Å². The van der Waals surface area contributed by atoms with Gasteiger partial charge in [0, 0.05) is 0 Å². The van der Waals surface area contributed by atoms with Gasteiger partial charge in [-0.15, -0.1) is 0 Å². The topological polar surface area (TPSA) is 87.0 Å². The summed E-state index contributed by atoms with van der Waals surface area (Å²) < 4.78 is 2.56. The number of carbonyl (C=O) groups is 1. The Morgan fingerprint density at radius 3 is 2.21 bits per heavy atom. The molecule has 0 aliphatic heterocycles. The van der Waals surface area contributed by atoms with Crippen LogP contribution in [0.15, 0.2) is 0 Å². The molecule has 0 fully saturated rings. The van der Waals surface area contributed by atoms with Gasteiger partial charge in [-0.2, -0.15) is 0 Å². The average molecular weight is 267 g/mol. The summed E-state index contributed by atoms with van der Waals surface area (Å²) in [4.78, 5) is 10.9. The smallest absolute Gasteiger partial charge is 0.337 e. The highest BCUT2D eigenvalue weighted by atomic mass is 35.6. The molecule has 5 nitrogen and oxygen atoms in total. The molecule has 0 radical (unpaired) electrons. The van der Waals surface area contributed by atoms with Gasteiger partial charge in [0.15, 0.2) is 6.10 Å². The van der Waals surface area contributed by atoms with Crippen LogP contribution in [0.5, 0.6) is 0 Å². The molecule has 0 aromatic rings. The molecule has 0 aromatic heterocycles. The molecule has 0 amide bonds. The second kappa shape index (κ2) is 5.95. The van der Waals surface area contributed by atoms with E-state index in [0.717, 1.165) is 0 Å². The monoisotopic (exact) mass is 266 g/mol. The van der Waals surface area contributed by atoms with Gasteiger partial charge in [-0.3, -0.25) is 0 Å². The fraction of sp³-hybridized carbons (Fsp3) is 0.833. The number of aliphatic hydroxyl groups excluding tert-OH is 3. The highest BCUT2D eigenvalue weighted by Gasteiger charge is 2.28. The normalized spacial score (nSPS) is 16.1. The van der Waals surface area contributed by atoms with Crippen molar-refractivity contribution < 1.29 is 24.9 Å². The molecule has 2 atom stereocenters. The first-order valence-corrected chi connectivity index (χ1v) is 4.61. The second-order valence-electron chi connectivity index (χ2n) is 2.42. The van der Waals surface area contributed by atoms with Crippen molar-refractivity contribution in [2.24, 2.45) is 0 Å². The molecule has 84 valence electrons. The van der Waals surface area contributed by atoms with Crippen molar-refractivity contribution in [3.63, 3.8) is 0 Å². The highest BCUT2D eigenvalue weighted by molar-refractivity contribution is 6.67. The zero-order valence-electron chi connectivity index (χ0n) is 6.86. The first kappa shape index (κ1) is 14.2. The number of hydrogen-bond acceptors (Lipinski definition) is 5. The first-order chi connectivity index (χ1) is 6.28. The van der Waals surface area contributed by atoms with E-state index in [4.69, 9.17) is 50.1 Å². The van der Waals surface area contributed by atoms with Crippen molar-refractivity contribution in [3.05, 3.63) is 0 Å². The maximum absolute atomic E-state index is 10.9. The third-order valence-corrected chi connectivity index (χ3v) is 1.50. The molecular formula is C6H9Cl3O5. The van der Waals surface area contributed by atoms with E-state index in [-0.39, 0.29) is 0 Å². The summed E-state index contributed by atoms with van der Waals surface area (Å²) in [5, 5.41) is 26.2. The lowest BCUT2D eigenvalue weighted by atomic mass is 10.2. The minimum absolute atomic E-state index is 0.550. The predicted molar refractivity (Wildman–Crippen MR) is 50.3 cm³/mol. The Hall–Kier alpha value is 0.220. The van der Waals surface area contributed by atoms with Crippen LogP contribution >= 0.6 is 34.8 Å².